The van der Waals surface area contributed by atoms with Gasteiger partial charge in [-0.2, -0.15) is 0 Å². The summed E-state index contributed by atoms with van der Waals surface area (Å²) in [5.74, 6) is 1.09. The number of aromatic nitrogens is 2. The van der Waals surface area contributed by atoms with E-state index in [2.05, 4.69) is 30.0 Å². The molecular formula is C25H45N3O6S. The van der Waals surface area contributed by atoms with E-state index in [9.17, 15) is 23.1 Å². The van der Waals surface area contributed by atoms with Gasteiger partial charge in [-0.05, 0) is 39.5 Å². The lowest BCUT2D eigenvalue weighted by atomic mass is 9.88. The van der Waals surface area contributed by atoms with Crippen LogP contribution in [0, 0.1) is 12.8 Å². The smallest absolute Gasteiger partial charge is 0.410 e. The molecule has 202 valence electrons. The van der Waals surface area contributed by atoms with Gasteiger partial charge in [0.2, 0.25) is 0 Å². The zero-order valence-electron chi connectivity index (χ0n) is 22.1. The van der Waals surface area contributed by atoms with Crippen molar-refractivity contribution in [1.82, 2.24) is 14.9 Å². The summed E-state index contributed by atoms with van der Waals surface area (Å²) in [6.07, 6.45) is 11.8. The quantitative estimate of drug-likeness (QED) is 0.576. The van der Waals surface area contributed by atoms with E-state index in [0.717, 1.165) is 18.4 Å². The second-order valence-corrected chi connectivity index (χ2v) is 11.0. The summed E-state index contributed by atoms with van der Waals surface area (Å²) in [4.78, 5) is 29.7. The van der Waals surface area contributed by atoms with Crippen molar-refractivity contribution in [2.45, 2.75) is 96.3 Å². The van der Waals surface area contributed by atoms with Gasteiger partial charge in [-0.15, -0.1) is 13.2 Å². The number of H-pyrrole nitrogens is 1. The van der Waals surface area contributed by atoms with Crippen LogP contribution in [0.25, 0.3) is 0 Å². The number of nitrogens with zero attached hydrogens (tertiary/aromatic N) is 2. The topological polar surface area (TPSA) is 130 Å². The van der Waals surface area contributed by atoms with Crippen molar-refractivity contribution >= 4 is 15.9 Å². The van der Waals surface area contributed by atoms with E-state index in [0.29, 0.717) is 25.9 Å². The number of sulfone groups is 1. The number of carbonyl (C=O) groups is 1. The normalized spacial score (nSPS) is 16.6. The Balaban J connectivity index is 0.000000489. The summed E-state index contributed by atoms with van der Waals surface area (Å²) in [5, 5.41) is 9.10. The van der Waals surface area contributed by atoms with Gasteiger partial charge in [-0.1, -0.05) is 45.4 Å². The maximum atomic E-state index is 11.3. The lowest BCUT2D eigenvalue weighted by molar-refractivity contribution is 0.0457. The minimum atomic E-state index is -3.32. The van der Waals surface area contributed by atoms with Crippen molar-refractivity contribution in [2.24, 2.45) is 5.92 Å². The average Bonchev–Trinajstić information content (AvgIpc) is 2.83. The molecule has 35 heavy (non-hydrogen) atoms. The number of nitrogens with one attached hydrogen (secondary N) is 1. The highest BCUT2D eigenvalue weighted by molar-refractivity contribution is 7.90. The molecule has 0 unspecified atom stereocenters. The Labute approximate surface area is 210 Å². The fraction of sp³-hybridized carbons (Fsp3) is 0.720. The minimum absolute atomic E-state index is 0.0700. The number of ether oxygens (including phenoxy) is 1. The molecule has 1 aliphatic heterocycles. The molecule has 2 aliphatic rings. The van der Waals surface area contributed by atoms with Crippen LogP contribution in [-0.2, 0) is 14.6 Å². The van der Waals surface area contributed by atoms with Crippen molar-refractivity contribution in [1.29, 1.82) is 0 Å². The van der Waals surface area contributed by atoms with Gasteiger partial charge in [0.25, 0.3) is 5.56 Å². The molecule has 0 radical (unpaired) electrons. The van der Waals surface area contributed by atoms with E-state index in [-0.39, 0.29) is 34.6 Å². The number of aromatic amines is 1. The van der Waals surface area contributed by atoms with Gasteiger partial charge in [-0.3, -0.25) is 4.79 Å². The van der Waals surface area contributed by atoms with Crippen LogP contribution < -0.4 is 5.56 Å². The first-order valence-electron chi connectivity index (χ1n) is 12.3. The predicted octanol–water partition coefficient (Wildman–Crippen LogP) is 4.25. The Kier molecular flexibility index (Phi) is 16.2. The van der Waals surface area contributed by atoms with Crippen LogP contribution in [0.4, 0.5) is 4.79 Å². The van der Waals surface area contributed by atoms with Gasteiger partial charge in [0.15, 0.2) is 14.9 Å². The molecule has 9 nitrogen and oxygen atoms in total. The third-order valence-electron chi connectivity index (χ3n) is 5.67. The maximum Gasteiger partial charge on any atom is 0.410 e. The number of rotatable bonds is 3. The van der Waals surface area contributed by atoms with Gasteiger partial charge in [-0.25, -0.2) is 18.2 Å². The van der Waals surface area contributed by atoms with Gasteiger partial charge in [0.05, 0.1) is 12.2 Å². The first-order chi connectivity index (χ1) is 16.4. The zero-order valence-corrected chi connectivity index (χ0v) is 22.9. The highest BCUT2D eigenvalue weighted by atomic mass is 32.2. The molecule has 1 amide bonds. The van der Waals surface area contributed by atoms with Crippen LogP contribution in [0.15, 0.2) is 29.2 Å². The van der Waals surface area contributed by atoms with Gasteiger partial charge in [0.1, 0.15) is 5.69 Å². The van der Waals surface area contributed by atoms with Crippen molar-refractivity contribution in [3.05, 3.63) is 35.4 Å². The first-order valence-corrected chi connectivity index (χ1v) is 14.2. The molecule has 0 spiro atoms. The molecule has 10 heteroatoms. The lowest BCUT2D eigenvalue weighted by Crippen LogP contribution is -2.41. The number of carbonyl (C=O) groups excluding carboxylic acids is 1. The highest BCUT2D eigenvalue weighted by Gasteiger charge is 2.22. The van der Waals surface area contributed by atoms with Crippen LogP contribution >= 0.6 is 0 Å². The van der Waals surface area contributed by atoms with E-state index in [4.69, 9.17) is 4.74 Å². The molecular weight excluding hydrogens is 470 g/mol. The average molecular weight is 516 g/mol. The van der Waals surface area contributed by atoms with Gasteiger partial charge < -0.3 is 19.7 Å². The summed E-state index contributed by atoms with van der Waals surface area (Å²) >= 11 is 0. The second-order valence-electron chi connectivity index (χ2n) is 8.99. The molecule has 0 bridgehead atoms. The molecule has 1 saturated carbocycles. The van der Waals surface area contributed by atoms with Crippen LogP contribution in [0.3, 0.4) is 0 Å². The van der Waals surface area contributed by atoms with Crippen LogP contribution in [0.5, 0.6) is 0 Å². The summed E-state index contributed by atoms with van der Waals surface area (Å²) in [6.45, 7) is 14.6. The molecule has 1 saturated heterocycles. The Hall–Kier alpha value is -2.20. The van der Waals surface area contributed by atoms with Crippen LogP contribution in [0.2, 0.25) is 0 Å². The molecule has 0 atom stereocenters. The van der Waals surface area contributed by atoms with E-state index in [1.165, 1.54) is 45.4 Å². The molecule has 0 aromatic carbocycles. The molecule has 1 aromatic heterocycles. The molecule has 3 rings (SSSR count). The Morgan fingerprint density at radius 2 is 1.74 bits per heavy atom. The first kappa shape index (κ1) is 32.8. The SMILES string of the molecule is C=C.CC(C)OC(=O)N1CCC(O)CC1.CCC1CCCCC1.Cc1nc(S(C)(=O)=O)c[nH]c1=O. The summed E-state index contributed by atoms with van der Waals surface area (Å²) in [5.41, 5.74) is -0.222. The fourth-order valence-corrected chi connectivity index (χ4v) is 4.17. The largest absolute Gasteiger partial charge is 0.447 e. The minimum Gasteiger partial charge on any atom is -0.447 e. The molecule has 2 heterocycles. The van der Waals surface area contributed by atoms with Crippen molar-refractivity contribution in [3.63, 3.8) is 0 Å². The van der Waals surface area contributed by atoms with E-state index >= 15 is 0 Å². The summed E-state index contributed by atoms with van der Waals surface area (Å²) in [7, 11) is -3.32. The van der Waals surface area contributed by atoms with E-state index < -0.39 is 9.84 Å². The lowest BCUT2D eigenvalue weighted by Gasteiger charge is -2.29. The fourth-order valence-electron chi connectivity index (χ4n) is 3.59. The molecule has 2 N–H and O–H groups in total. The Morgan fingerprint density at radius 1 is 1.20 bits per heavy atom. The summed E-state index contributed by atoms with van der Waals surface area (Å²) < 4.78 is 26.9. The predicted molar refractivity (Wildman–Crippen MR) is 139 cm³/mol. The Morgan fingerprint density at radius 3 is 2.14 bits per heavy atom. The van der Waals surface area contributed by atoms with Crippen LogP contribution in [0.1, 0.15) is 77.8 Å². The third-order valence-corrected chi connectivity index (χ3v) is 6.64. The number of aryl methyl sites for hydroxylation is 1. The number of aliphatic hydroxyl groups excluding tert-OH is 1. The highest BCUT2D eigenvalue weighted by Crippen LogP contribution is 2.25. The Bertz CT molecular complexity index is 887. The summed E-state index contributed by atoms with van der Waals surface area (Å²) in [6, 6.07) is 0. The standard InChI is InChI=1S/C9H17NO3.C8H16.C6H8N2O3S.C2H4/c1-7(2)13-9(12)10-5-3-8(11)4-6-10;1-2-8-6-4-3-5-7-8;1-4-6(9)7-3-5(8-4)12(2,10)11;1-2/h7-8,11H,3-6H2,1-2H3;8H,2-7H2,1H3;3H,1-2H3,(H,7,9);1-2H2. The monoisotopic (exact) mass is 515 g/mol. The van der Waals surface area contributed by atoms with Crippen LogP contribution in [-0.4, -0.2) is 66.0 Å². The number of aliphatic hydroxyl groups is 1. The van der Waals surface area contributed by atoms with E-state index in [1.807, 2.05) is 13.8 Å². The maximum absolute atomic E-state index is 11.3. The number of hydrogen-bond donors (Lipinski definition) is 2. The number of hydrogen-bond acceptors (Lipinski definition) is 7. The third kappa shape index (κ3) is 14.1. The van der Waals surface area contributed by atoms with E-state index in [1.54, 1.807) is 4.90 Å². The van der Waals surface area contributed by atoms with Crippen molar-refractivity contribution < 1.29 is 23.1 Å². The molecule has 1 aromatic rings. The molecule has 1 aliphatic carbocycles. The number of piperidine rings is 1. The van der Waals surface area contributed by atoms with Crippen molar-refractivity contribution in [3.8, 4) is 0 Å². The molecule has 2 fully saturated rings. The second kappa shape index (κ2) is 17.3. The van der Waals surface area contributed by atoms with Gasteiger partial charge >= 0.3 is 6.09 Å². The van der Waals surface area contributed by atoms with Gasteiger partial charge in [0, 0.05) is 25.5 Å². The number of amides is 1. The van der Waals surface area contributed by atoms with Crippen molar-refractivity contribution in [2.75, 3.05) is 19.3 Å². The number of likely N-dealkylation sites (tertiary alicyclic amines) is 1. The zero-order chi connectivity index (χ0) is 27.0.